The van der Waals surface area contributed by atoms with Gasteiger partial charge in [0.2, 0.25) is 11.8 Å². The summed E-state index contributed by atoms with van der Waals surface area (Å²) in [5.74, 6) is -0.209. The molecule has 244 valence electrons. The Morgan fingerprint density at radius 2 is 2.00 bits per heavy atom. The van der Waals surface area contributed by atoms with Crippen LogP contribution in [0, 0.1) is 12.8 Å². The molecule has 2 fully saturated rings. The molecule has 12 nitrogen and oxygen atoms in total. The number of amides is 3. The quantitative estimate of drug-likeness (QED) is 0.361. The van der Waals surface area contributed by atoms with Gasteiger partial charge in [-0.25, -0.2) is 19.6 Å². The average molecular weight is 649 g/mol. The smallest absolute Gasteiger partial charge is 0.330 e. The molecule has 4 heterocycles. The molecular weight excluding hydrogens is 608 g/mol. The molecule has 4 atom stereocenters. The molecule has 1 aromatic carbocycles. The lowest BCUT2D eigenvalue weighted by atomic mass is 10.1. The van der Waals surface area contributed by atoms with Crippen molar-refractivity contribution in [2.45, 2.75) is 76.5 Å². The van der Waals surface area contributed by atoms with Gasteiger partial charge in [-0.1, -0.05) is 26.0 Å². The van der Waals surface area contributed by atoms with Crippen molar-refractivity contribution in [3.63, 3.8) is 0 Å². The number of carboxylic acid groups (broad SMARTS) is 1. The zero-order valence-corrected chi connectivity index (χ0v) is 27.6. The maximum absolute atomic E-state index is 13.8. The van der Waals surface area contributed by atoms with Crippen molar-refractivity contribution in [3.8, 4) is 22.5 Å². The standard InChI is InChI=1S/C33H40N6O6S/c1-18(2)23-17-46-30(34-23)27-35-26-19(3)25(44-5)12-11-22(26)29(36-27)45-21-14-24-28(40)37-33(31(41)42)15-20(33)10-8-6-7-9-13-38(4)32(43)39(24)16-21/h8,10-12,17-18,20-21,24H,6-7,9,13-16H2,1-5H3,(H,37,40)(H,41,42)/t20-,21-,24+,33?/m1/s1. The van der Waals surface area contributed by atoms with Gasteiger partial charge in [0.05, 0.1) is 30.3 Å². The molecular formula is C33H40N6O6S. The van der Waals surface area contributed by atoms with Crippen LogP contribution in [0.25, 0.3) is 21.7 Å². The maximum Gasteiger partial charge on any atom is 0.330 e. The number of methoxy groups -OCH3 is 1. The second-order valence-corrected chi connectivity index (χ2v) is 13.6. The molecule has 3 amide bonds. The number of hydrogen-bond donors (Lipinski definition) is 2. The van der Waals surface area contributed by atoms with Crippen LogP contribution in [0.2, 0.25) is 0 Å². The van der Waals surface area contributed by atoms with Gasteiger partial charge < -0.3 is 29.7 Å². The summed E-state index contributed by atoms with van der Waals surface area (Å²) in [6.45, 7) is 6.75. The lowest BCUT2D eigenvalue weighted by Crippen LogP contribution is -2.54. The third-order valence-corrected chi connectivity index (χ3v) is 10.1. The Bertz CT molecular complexity index is 1710. The Balaban J connectivity index is 1.35. The summed E-state index contributed by atoms with van der Waals surface area (Å²) in [6, 6.07) is 2.47. The first-order valence-electron chi connectivity index (χ1n) is 15.7. The number of carbonyl (C=O) groups excluding carboxylic acids is 2. The molecule has 1 unspecified atom stereocenters. The number of aliphatic carboxylic acids is 1. The number of urea groups is 1. The van der Waals surface area contributed by atoms with Crippen LogP contribution in [-0.2, 0) is 9.59 Å². The van der Waals surface area contributed by atoms with E-state index in [1.807, 2.05) is 36.6 Å². The molecule has 1 aliphatic carbocycles. The molecule has 13 heteroatoms. The van der Waals surface area contributed by atoms with Crippen LogP contribution in [0.4, 0.5) is 4.79 Å². The molecule has 0 radical (unpaired) electrons. The van der Waals surface area contributed by atoms with E-state index < -0.39 is 29.6 Å². The number of aromatic nitrogens is 3. The Morgan fingerprint density at radius 1 is 1.20 bits per heavy atom. The van der Waals surface area contributed by atoms with Crippen LogP contribution in [0.1, 0.15) is 63.1 Å². The molecule has 46 heavy (non-hydrogen) atoms. The van der Waals surface area contributed by atoms with Gasteiger partial charge in [0.25, 0.3) is 0 Å². The number of carbonyl (C=O) groups is 3. The van der Waals surface area contributed by atoms with E-state index in [0.717, 1.165) is 30.5 Å². The third-order valence-electron chi connectivity index (χ3n) is 9.20. The number of benzene rings is 1. The number of hydrogen-bond acceptors (Lipinski definition) is 9. The van der Waals surface area contributed by atoms with Crippen LogP contribution < -0.4 is 14.8 Å². The van der Waals surface area contributed by atoms with E-state index in [-0.39, 0.29) is 30.8 Å². The topological polar surface area (TPSA) is 147 Å². The number of carboxylic acids is 1. The van der Waals surface area contributed by atoms with E-state index in [2.05, 4.69) is 19.2 Å². The predicted octanol–water partition coefficient (Wildman–Crippen LogP) is 4.77. The van der Waals surface area contributed by atoms with E-state index in [0.29, 0.717) is 46.3 Å². The first kappa shape index (κ1) is 31.7. The third kappa shape index (κ3) is 5.88. The lowest BCUT2D eigenvalue weighted by molar-refractivity contribution is -0.144. The number of fused-ring (bicyclic) bond motifs is 3. The Hall–Kier alpha value is -4.26. The molecule has 1 saturated heterocycles. The summed E-state index contributed by atoms with van der Waals surface area (Å²) in [6.07, 6.45) is 6.22. The molecule has 2 aliphatic heterocycles. The molecule has 0 bridgehead atoms. The fourth-order valence-electron chi connectivity index (χ4n) is 6.30. The minimum Gasteiger partial charge on any atom is -0.496 e. The van der Waals surface area contributed by atoms with Gasteiger partial charge in [0, 0.05) is 36.9 Å². The molecule has 6 rings (SSSR count). The normalized spacial score (nSPS) is 25.2. The van der Waals surface area contributed by atoms with Gasteiger partial charge in [-0.2, -0.15) is 4.98 Å². The van der Waals surface area contributed by atoms with E-state index in [1.165, 1.54) is 16.2 Å². The Labute approximate surface area is 271 Å². The second-order valence-electron chi connectivity index (χ2n) is 12.7. The summed E-state index contributed by atoms with van der Waals surface area (Å²) in [5, 5.41) is 16.2. The highest BCUT2D eigenvalue weighted by Gasteiger charge is 2.61. The number of nitrogens with one attached hydrogen (secondary N) is 1. The molecule has 3 aromatic rings. The lowest BCUT2D eigenvalue weighted by Gasteiger charge is -2.29. The highest BCUT2D eigenvalue weighted by atomic mass is 32.1. The number of rotatable bonds is 6. The summed E-state index contributed by atoms with van der Waals surface area (Å²) in [7, 11) is 3.33. The van der Waals surface area contributed by atoms with Crippen LogP contribution in [-0.4, -0.2) is 92.7 Å². The SMILES string of the molecule is COc1ccc2c(O[C@@H]3C[C@H]4C(=O)NC5(C(=O)O)C[C@H]5C=CCCCCN(C)C(=O)N4C3)nc(-c3nc(C(C)C)cs3)nc2c1C. The van der Waals surface area contributed by atoms with Crippen molar-refractivity contribution in [3.05, 3.63) is 40.9 Å². The van der Waals surface area contributed by atoms with Crippen molar-refractivity contribution in [1.82, 2.24) is 30.1 Å². The largest absolute Gasteiger partial charge is 0.496 e. The number of aryl methyl sites for hydroxylation is 1. The fraction of sp³-hybridized carbons (Fsp3) is 0.515. The van der Waals surface area contributed by atoms with E-state index in [4.69, 9.17) is 24.4 Å². The first-order chi connectivity index (χ1) is 22.0. The zero-order chi connectivity index (χ0) is 32.7. The van der Waals surface area contributed by atoms with Crippen LogP contribution in [0.5, 0.6) is 11.6 Å². The first-order valence-corrected chi connectivity index (χ1v) is 16.6. The summed E-state index contributed by atoms with van der Waals surface area (Å²) in [5.41, 5.74) is 1.05. The highest BCUT2D eigenvalue weighted by Crippen LogP contribution is 2.45. The zero-order valence-electron chi connectivity index (χ0n) is 26.8. The highest BCUT2D eigenvalue weighted by molar-refractivity contribution is 7.13. The predicted molar refractivity (Wildman–Crippen MR) is 173 cm³/mol. The van der Waals surface area contributed by atoms with Gasteiger partial charge in [0.15, 0.2) is 10.8 Å². The minimum absolute atomic E-state index is 0.134. The number of nitrogens with zero attached hydrogens (tertiary/aromatic N) is 5. The average Bonchev–Trinajstić information content (AvgIpc) is 3.33. The monoisotopic (exact) mass is 648 g/mol. The molecule has 3 aliphatic rings. The Morgan fingerprint density at radius 3 is 2.72 bits per heavy atom. The molecule has 1 saturated carbocycles. The van der Waals surface area contributed by atoms with E-state index in [9.17, 15) is 19.5 Å². The molecule has 2 N–H and O–H groups in total. The number of allylic oxidation sites excluding steroid dienone is 1. The Kier molecular flexibility index (Phi) is 8.62. The fourth-order valence-corrected chi connectivity index (χ4v) is 7.21. The van der Waals surface area contributed by atoms with Crippen molar-refractivity contribution < 1.29 is 29.0 Å². The van der Waals surface area contributed by atoms with Crippen molar-refractivity contribution in [2.75, 3.05) is 27.2 Å². The van der Waals surface area contributed by atoms with Crippen molar-refractivity contribution in [2.24, 2.45) is 5.92 Å². The van der Waals surface area contributed by atoms with Crippen LogP contribution in [0.15, 0.2) is 29.7 Å². The van der Waals surface area contributed by atoms with Crippen molar-refractivity contribution >= 4 is 40.1 Å². The van der Waals surface area contributed by atoms with Crippen molar-refractivity contribution in [1.29, 1.82) is 0 Å². The molecule has 2 aromatic heterocycles. The number of ether oxygens (including phenoxy) is 2. The van der Waals surface area contributed by atoms with Gasteiger partial charge >= 0.3 is 12.0 Å². The van der Waals surface area contributed by atoms with Gasteiger partial charge in [-0.3, -0.25) is 4.79 Å². The van der Waals surface area contributed by atoms with E-state index >= 15 is 0 Å². The minimum atomic E-state index is -1.37. The van der Waals surface area contributed by atoms with Crippen LogP contribution >= 0.6 is 11.3 Å². The number of thiazole rings is 1. The summed E-state index contributed by atoms with van der Waals surface area (Å²) in [4.78, 5) is 57.4. The maximum atomic E-state index is 13.8. The second kappa shape index (κ2) is 12.5. The molecule has 0 spiro atoms. The summed E-state index contributed by atoms with van der Waals surface area (Å²) >= 11 is 1.46. The van der Waals surface area contributed by atoms with E-state index in [1.54, 1.807) is 19.1 Å². The van der Waals surface area contributed by atoms with Gasteiger partial charge in [-0.05, 0) is 50.7 Å². The van der Waals surface area contributed by atoms with Gasteiger partial charge in [0.1, 0.15) is 23.4 Å². The van der Waals surface area contributed by atoms with Gasteiger partial charge in [-0.15, -0.1) is 11.3 Å². The summed E-state index contributed by atoms with van der Waals surface area (Å²) < 4.78 is 12.1. The van der Waals surface area contributed by atoms with Crippen LogP contribution in [0.3, 0.4) is 0 Å².